The first-order chi connectivity index (χ1) is 7.57. The van der Waals surface area contributed by atoms with Crippen molar-refractivity contribution in [1.82, 2.24) is 5.32 Å². The maximum Gasteiger partial charge on any atom is 0.247 e. The molecule has 0 heterocycles. The van der Waals surface area contributed by atoms with E-state index in [4.69, 9.17) is 5.73 Å². The Labute approximate surface area is 98.6 Å². The average Bonchev–Trinajstić information content (AvgIpc) is 2.25. The molecule has 0 aliphatic heterocycles. The van der Waals surface area contributed by atoms with Crippen LogP contribution in [0.5, 0.6) is 0 Å². The van der Waals surface area contributed by atoms with E-state index in [2.05, 4.69) is 19.2 Å². The molecule has 16 heavy (non-hydrogen) atoms. The Hall–Kier alpha value is -0.610. The summed E-state index contributed by atoms with van der Waals surface area (Å²) >= 11 is 0. The normalized spacial score (nSPS) is 14.7. The van der Waals surface area contributed by atoms with Crippen LogP contribution in [-0.4, -0.2) is 29.7 Å². The SMILES string of the molecule is CCCCCCCC(C)NCC(O)C(N)=O. The topological polar surface area (TPSA) is 75.3 Å². The minimum atomic E-state index is -1.07. The number of nitrogens with one attached hydrogen (secondary N) is 1. The molecule has 2 unspecified atom stereocenters. The summed E-state index contributed by atoms with van der Waals surface area (Å²) in [6, 6.07) is 0.329. The number of hydrogen-bond donors (Lipinski definition) is 3. The van der Waals surface area contributed by atoms with Crippen LogP contribution in [0.4, 0.5) is 0 Å². The van der Waals surface area contributed by atoms with E-state index in [0.29, 0.717) is 6.04 Å². The second-order valence-corrected chi connectivity index (χ2v) is 4.43. The van der Waals surface area contributed by atoms with Crippen molar-refractivity contribution in [2.45, 2.75) is 64.5 Å². The summed E-state index contributed by atoms with van der Waals surface area (Å²) in [5.41, 5.74) is 4.95. The monoisotopic (exact) mass is 230 g/mol. The first kappa shape index (κ1) is 15.4. The third-order valence-electron chi connectivity index (χ3n) is 2.73. The van der Waals surface area contributed by atoms with Crippen LogP contribution >= 0.6 is 0 Å². The standard InChI is InChI=1S/C12H26N2O2/c1-3-4-5-6-7-8-10(2)14-9-11(15)12(13)16/h10-11,14-15H,3-9H2,1-2H3,(H2,13,16). The zero-order chi connectivity index (χ0) is 12.4. The molecule has 0 saturated heterocycles. The Bertz CT molecular complexity index is 186. The van der Waals surface area contributed by atoms with E-state index in [0.717, 1.165) is 6.42 Å². The lowest BCUT2D eigenvalue weighted by molar-refractivity contribution is -0.125. The molecule has 2 atom stereocenters. The second-order valence-electron chi connectivity index (χ2n) is 4.43. The van der Waals surface area contributed by atoms with Gasteiger partial charge in [0.2, 0.25) is 5.91 Å². The van der Waals surface area contributed by atoms with Gasteiger partial charge >= 0.3 is 0 Å². The second kappa shape index (κ2) is 9.60. The zero-order valence-corrected chi connectivity index (χ0v) is 10.5. The van der Waals surface area contributed by atoms with Gasteiger partial charge in [0, 0.05) is 12.6 Å². The van der Waals surface area contributed by atoms with Crippen molar-refractivity contribution in [2.75, 3.05) is 6.54 Å². The molecule has 4 nitrogen and oxygen atoms in total. The van der Waals surface area contributed by atoms with Crippen molar-refractivity contribution < 1.29 is 9.90 Å². The highest BCUT2D eigenvalue weighted by molar-refractivity contribution is 5.78. The third-order valence-corrected chi connectivity index (χ3v) is 2.73. The van der Waals surface area contributed by atoms with Crippen LogP contribution in [0.2, 0.25) is 0 Å². The maximum absolute atomic E-state index is 10.6. The van der Waals surface area contributed by atoms with Gasteiger partial charge in [-0.1, -0.05) is 39.0 Å². The Morgan fingerprint density at radius 3 is 2.50 bits per heavy atom. The molecule has 0 aromatic heterocycles. The smallest absolute Gasteiger partial charge is 0.247 e. The highest BCUT2D eigenvalue weighted by atomic mass is 16.3. The van der Waals surface area contributed by atoms with E-state index >= 15 is 0 Å². The molecular weight excluding hydrogens is 204 g/mol. The number of aliphatic hydroxyl groups excluding tert-OH is 1. The third kappa shape index (κ3) is 8.68. The number of carbonyl (C=O) groups is 1. The number of unbranched alkanes of at least 4 members (excludes halogenated alkanes) is 4. The molecule has 1 amide bonds. The Kier molecular flexibility index (Phi) is 9.24. The number of primary amides is 1. The van der Waals surface area contributed by atoms with Crippen LogP contribution < -0.4 is 11.1 Å². The van der Waals surface area contributed by atoms with E-state index < -0.39 is 12.0 Å². The largest absolute Gasteiger partial charge is 0.382 e. The van der Waals surface area contributed by atoms with Crippen molar-refractivity contribution >= 4 is 5.91 Å². The number of hydrogen-bond acceptors (Lipinski definition) is 3. The molecule has 0 bridgehead atoms. The Balaban J connectivity index is 3.37. The molecule has 0 radical (unpaired) electrons. The van der Waals surface area contributed by atoms with E-state index in [1.807, 2.05) is 0 Å². The van der Waals surface area contributed by atoms with Crippen molar-refractivity contribution in [2.24, 2.45) is 5.73 Å². The van der Waals surface area contributed by atoms with Gasteiger partial charge in [0.15, 0.2) is 0 Å². The lowest BCUT2D eigenvalue weighted by Gasteiger charge is -2.15. The van der Waals surface area contributed by atoms with Gasteiger partial charge in [-0.25, -0.2) is 0 Å². The molecule has 0 rings (SSSR count). The molecule has 0 aromatic rings. The van der Waals surface area contributed by atoms with Crippen LogP contribution in [0.1, 0.15) is 52.4 Å². The van der Waals surface area contributed by atoms with Crippen molar-refractivity contribution in [3.8, 4) is 0 Å². The van der Waals surface area contributed by atoms with Gasteiger partial charge in [0.1, 0.15) is 6.10 Å². The number of carbonyl (C=O) groups excluding carboxylic acids is 1. The molecule has 0 aromatic carbocycles. The number of amides is 1. The lowest BCUT2D eigenvalue weighted by atomic mass is 10.1. The highest BCUT2D eigenvalue weighted by Crippen LogP contribution is 2.06. The minimum Gasteiger partial charge on any atom is -0.382 e. The summed E-state index contributed by atoms with van der Waals surface area (Å²) in [4.78, 5) is 10.6. The Morgan fingerprint density at radius 2 is 1.94 bits per heavy atom. The number of nitrogens with two attached hydrogens (primary N) is 1. The molecule has 0 fully saturated rings. The fourth-order valence-electron chi connectivity index (χ4n) is 1.57. The van der Waals surface area contributed by atoms with Crippen LogP contribution in [0.25, 0.3) is 0 Å². The maximum atomic E-state index is 10.6. The molecular formula is C12H26N2O2. The van der Waals surface area contributed by atoms with Gasteiger partial charge in [-0.15, -0.1) is 0 Å². The molecule has 0 aliphatic rings. The van der Waals surface area contributed by atoms with Gasteiger partial charge in [-0.3, -0.25) is 4.79 Å². The van der Waals surface area contributed by atoms with Crippen LogP contribution in [0.3, 0.4) is 0 Å². The molecule has 0 saturated carbocycles. The average molecular weight is 230 g/mol. The van der Waals surface area contributed by atoms with Crippen LogP contribution in [0, 0.1) is 0 Å². The molecule has 0 aliphatic carbocycles. The first-order valence-electron chi connectivity index (χ1n) is 6.28. The summed E-state index contributed by atoms with van der Waals surface area (Å²) < 4.78 is 0. The van der Waals surface area contributed by atoms with Gasteiger partial charge in [-0.2, -0.15) is 0 Å². The quantitative estimate of drug-likeness (QED) is 0.493. The van der Waals surface area contributed by atoms with Crippen molar-refractivity contribution in [1.29, 1.82) is 0 Å². The summed E-state index contributed by atoms with van der Waals surface area (Å²) in [5.74, 6) is -0.664. The fraction of sp³-hybridized carbons (Fsp3) is 0.917. The Morgan fingerprint density at radius 1 is 1.31 bits per heavy atom. The minimum absolute atomic E-state index is 0.255. The lowest BCUT2D eigenvalue weighted by Crippen LogP contribution is -2.40. The van der Waals surface area contributed by atoms with Gasteiger partial charge in [0.25, 0.3) is 0 Å². The fourth-order valence-corrected chi connectivity index (χ4v) is 1.57. The predicted octanol–water partition coefficient (Wildman–Crippen LogP) is 1.17. The van der Waals surface area contributed by atoms with Crippen LogP contribution in [-0.2, 0) is 4.79 Å². The summed E-state index contributed by atoms with van der Waals surface area (Å²) in [6.07, 6.45) is 6.34. The van der Waals surface area contributed by atoms with Gasteiger partial charge in [-0.05, 0) is 13.3 Å². The van der Waals surface area contributed by atoms with E-state index in [9.17, 15) is 9.90 Å². The van der Waals surface area contributed by atoms with E-state index in [1.54, 1.807) is 0 Å². The predicted molar refractivity (Wildman–Crippen MR) is 66.0 cm³/mol. The molecule has 4 heteroatoms. The van der Waals surface area contributed by atoms with E-state index in [1.165, 1.54) is 32.1 Å². The molecule has 0 spiro atoms. The van der Waals surface area contributed by atoms with Crippen molar-refractivity contribution in [3.63, 3.8) is 0 Å². The summed E-state index contributed by atoms with van der Waals surface area (Å²) in [7, 11) is 0. The molecule has 96 valence electrons. The summed E-state index contributed by atoms with van der Waals surface area (Å²) in [5, 5.41) is 12.3. The number of aliphatic hydroxyl groups is 1. The highest BCUT2D eigenvalue weighted by Gasteiger charge is 2.11. The van der Waals surface area contributed by atoms with E-state index in [-0.39, 0.29) is 6.54 Å². The van der Waals surface area contributed by atoms with Gasteiger partial charge < -0.3 is 16.2 Å². The van der Waals surface area contributed by atoms with Crippen molar-refractivity contribution in [3.05, 3.63) is 0 Å². The van der Waals surface area contributed by atoms with Crippen LogP contribution in [0.15, 0.2) is 0 Å². The first-order valence-corrected chi connectivity index (χ1v) is 6.28. The number of rotatable bonds is 10. The molecule has 4 N–H and O–H groups in total. The zero-order valence-electron chi connectivity index (χ0n) is 10.5. The summed E-state index contributed by atoms with van der Waals surface area (Å²) in [6.45, 7) is 4.52. The van der Waals surface area contributed by atoms with Gasteiger partial charge in [0.05, 0.1) is 0 Å².